The molecule has 0 spiro atoms. The molecule has 1 saturated heterocycles. The van der Waals surface area contributed by atoms with Crippen LogP contribution in [-0.4, -0.2) is 55.2 Å². The van der Waals surface area contributed by atoms with Crippen molar-refractivity contribution < 1.29 is 9.53 Å². The molecule has 3 rings (SSSR count). The van der Waals surface area contributed by atoms with E-state index >= 15 is 0 Å². The maximum absolute atomic E-state index is 12.2. The highest BCUT2D eigenvalue weighted by atomic mass is 16.5. The number of benzene rings is 1. The third kappa shape index (κ3) is 2.84. The molecule has 2 N–H and O–H groups in total. The number of nitrogens with one attached hydrogen (secondary N) is 2. The molecular formula is C15H19N3O2. The summed E-state index contributed by atoms with van der Waals surface area (Å²) >= 11 is 0. The van der Waals surface area contributed by atoms with E-state index in [0.29, 0.717) is 12.1 Å². The maximum atomic E-state index is 12.2. The number of ether oxygens (including phenoxy) is 1. The van der Waals surface area contributed by atoms with Crippen molar-refractivity contribution in [2.45, 2.75) is 0 Å². The molecule has 0 radical (unpaired) electrons. The van der Waals surface area contributed by atoms with Crippen molar-refractivity contribution in [3.05, 3.63) is 36.0 Å². The second-order valence-corrected chi connectivity index (χ2v) is 4.96. The maximum Gasteiger partial charge on any atom is 0.253 e. The Balaban J connectivity index is 1.56. The van der Waals surface area contributed by atoms with E-state index in [2.05, 4.69) is 15.2 Å². The van der Waals surface area contributed by atoms with Crippen molar-refractivity contribution in [2.75, 3.05) is 39.4 Å². The Bertz CT molecular complexity index is 588. The van der Waals surface area contributed by atoms with E-state index < -0.39 is 0 Å². The molecule has 1 fully saturated rings. The highest BCUT2D eigenvalue weighted by Crippen LogP contribution is 2.17. The van der Waals surface area contributed by atoms with Gasteiger partial charge in [0, 0.05) is 43.3 Å². The number of hydrogen-bond donors (Lipinski definition) is 2. The van der Waals surface area contributed by atoms with Gasteiger partial charge in [0.25, 0.3) is 5.91 Å². The number of aromatic amines is 1. The Morgan fingerprint density at radius 1 is 1.30 bits per heavy atom. The van der Waals surface area contributed by atoms with Crippen LogP contribution in [-0.2, 0) is 4.74 Å². The lowest BCUT2D eigenvalue weighted by atomic mass is 10.1. The van der Waals surface area contributed by atoms with Gasteiger partial charge in [-0.25, -0.2) is 0 Å². The molecule has 0 saturated carbocycles. The normalized spacial score (nSPS) is 16.4. The molecule has 20 heavy (non-hydrogen) atoms. The number of hydrogen-bond acceptors (Lipinski definition) is 3. The Hall–Kier alpha value is -1.85. The summed E-state index contributed by atoms with van der Waals surface area (Å²) in [6.07, 6.45) is 1.77. The molecule has 1 aliphatic rings. The van der Waals surface area contributed by atoms with Crippen LogP contribution in [0.3, 0.4) is 0 Å². The highest BCUT2D eigenvalue weighted by Gasteiger charge is 2.13. The van der Waals surface area contributed by atoms with E-state index in [1.807, 2.05) is 24.3 Å². The average molecular weight is 273 g/mol. The summed E-state index contributed by atoms with van der Waals surface area (Å²) in [5.41, 5.74) is 1.70. The van der Waals surface area contributed by atoms with Crippen molar-refractivity contribution >= 4 is 16.8 Å². The molecule has 0 unspecified atom stereocenters. The Morgan fingerprint density at radius 3 is 2.95 bits per heavy atom. The zero-order valence-corrected chi connectivity index (χ0v) is 11.4. The van der Waals surface area contributed by atoms with E-state index in [1.165, 1.54) is 0 Å². The van der Waals surface area contributed by atoms with Crippen LogP contribution in [0.2, 0.25) is 0 Å². The van der Waals surface area contributed by atoms with Crippen LogP contribution in [0.1, 0.15) is 10.4 Å². The molecule has 1 amide bonds. The third-order valence-corrected chi connectivity index (χ3v) is 3.65. The fraction of sp³-hybridized carbons (Fsp3) is 0.400. The van der Waals surface area contributed by atoms with Crippen molar-refractivity contribution in [1.29, 1.82) is 0 Å². The molecule has 1 aromatic carbocycles. The third-order valence-electron chi connectivity index (χ3n) is 3.65. The van der Waals surface area contributed by atoms with Crippen LogP contribution >= 0.6 is 0 Å². The smallest absolute Gasteiger partial charge is 0.253 e. The number of amides is 1. The van der Waals surface area contributed by atoms with Crippen molar-refractivity contribution in [3.8, 4) is 0 Å². The summed E-state index contributed by atoms with van der Waals surface area (Å²) in [4.78, 5) is 17.6. The largest absolute Gasteiger partial charge is 0.379 e. The number of aromatic nitrogens is 1. The van der Waals surface area contributed by atoms with Crippen molar-refractivity contribution in [2.24, 2.45) is 0 Å². The summed E-state index contributed by atoms with van der Waals surface area (Å²) in [6.45, 7) is 5.01. The number of carbonyl (C=O) groups excluding carboxylic acids is 1. The minimum atomic E-state index is -0.0179. The first-order chi connectivity index (χ1) is 9.84. The van der Waals surface area contributed by atoms with Gasteiger partial charge in [0.1, 0.15) is 0 Å². The number of nitrogens with zero attached hydrogens (tertiary/aromatic N) is 1. The van der Waals surface area contributed by atoms with Gasteiger partial charge in [0.2, 0.25) is 0 Å². The summed E-state index contributed by atoms with van der Waals surface area (Å²) in [5.74, 6) is -0.0179. The van der Waals surface area contributed by atoms with E-state index in [-0.39, 0.29) is 5.91 Å². The minimum Gasteiger partial charge on any atom is -0.379 e. The second-order valence-electron chi connectivity index (χ2n) is 4.96. The lowest BCUT2D eigenvalue weighted by Gasteiger charge is -2.26. The Morgan fingerprint density at radius 2 is 2.10 bits per heavy atom. The van der Waals surface area contributed by atoms with Crippen LogP contribution < -0.4 is 5.32 Å². The van der Waals surface area contributed by atoms with Crippen molar-refractivity contribution in [1.82, 2.24) is 15.2 Å². The van der Waals surface area contributed by atoms with Gasteiger partial charge in [-0.3, -0.25) is 9.69 Å². The molecule has 5 heteroatoms. The van der Waals surface area contributed by atoms with E-state index in [0.717, 1.165) is 43.8 Å². The summed E-state index contributed by atoms with van der Waals surface area (Å²) in [7, 11) is 0. The van der Waals surface area contributed by atoms with Gasteiger partial charge in [-0.05, 0) is 6.07 Å². The number of para-hydroxylation sites is 1. The van der Waals surface area contributed by atoms with Crippen LogP contribution in [0.5, 0.6) is 0 Å². The predicted octanol–water partition coefficient (Wildman–Crippen LogP) is 1.23. The SMILES string of the molecule is O=C(NCCN1CCOCC1)c1c[nH]c2ccccc12. The van der Waals surface area contributed by atoms with E-state index in [1.54, 1.807) is 6.20 Å². The lowest BCUT2D eigenvalue weighted by molar-refractivity contribution is 0.0383. The van der Waals surface area contributed by atoms with Crippen molar-refractivity contribution in [3.63, 3.8) is 0 Å². The Kier molecular flexibility index (Phi) is 3.99. The summed E-state index contributed by atoms with van der Waals surface area (Å²) in [5, 5.41) is 3.95. The molecule has 0 atom stereocenters. The summed E-state index contributed by atoms with van der Waals surface area (Å²) < 4.78 is 5.30. The zero-order chi connectivity index (χ0) is 13.8. The zero-order valence-electron chi connectivity index (χ0n) is 11.4. The van der Waals surface area contributed by atoms with Crippen LogP contribution in [0.15, 0.2) is 30.5 Å². The molecule has 1 aliphatic heterocycles. The number of fused-ring (bicyclic) bond motifs is 1. The molecule has 2 heterocycles. The van der Waals surface area contributed by atoms with Gasteiger partial charge < -0.3 is 15.0 Å². The van der Waals surface area contributed by atoms with Gasteiger partial charge in [0.15, 0.2) is 0 Å². The van der Waals surface area contributed by atoms with Crippen LogP contribution in [0.25, 0.3) is 10.9 Å². The Labute approximate surface area is 117 Å². The van der Waals surface area contributed by atoms with Gasteiger partial charge in [0.05, 0.1) is 18.8 Å². The highest BCUT2D eigenvalue weighted by molar-refractivity contribution is 6.06. The lowest BCUT2D eigenvalue weighted by Crippen LogP contribution is -2.41. The second kappa shape index (κ2) is 6.07. The minimum absolute atomic E-state index is 0.0179. The van der Waals surface area contributed by atoms with Gasteiger partial charge >= 0.3 is 0 Å². The van der Waals surface area contributed by atoms with Crippen LogP contribution in [0, 0.1) is 0 Å². The number of carbonyl (C=O) groups is 1. The topological polar surface area (TPSA) is 57.4 Å². The first-order valence-corrected chi connectivity index (χ1v) is 6.99. The van der Waals surface area contributed by atoms with Gasteiger partial charge in [-0.2, -0.15) is 0 Å². The standard InChI is InChI=1S/C15H19N3O2/c19-15(16-5-6-18-7-9-20-10-8-18)13-11-17-14-4-2-1-3-12(13)14/h1-4,11,17H,5-10H2,(H,16,19). The van der Waals surface area contributed by atoms with E-state index in [4.69, 9.17) is 4.74 Å². The first kappa shape index (κ1) is 13.1. The fourth-order valence-corrected chi connectivity index (χ4v) is 2.51. The predicted molar refractivity (Wildman–Crippen MR) is 77.9 cm³/mol. The average Bonchev–Trinajstić information content (AvgIpc) is 2.92. The molecular weight excluding hydrogens is 254 g/mol. The van der Waals surface area contributed by atoms with Crippen LogP contribution in [0.4, 0.5) is 0 Å². The summed E-state index contributed by atoms with van der Waals surface area (Å²) in [6, 6.07) is 7.84. The molecule has 0 aliphatic carbocycles. The quantitative estimate of drug-likeness (QED) is 0.881. The molecule has 1 aromatic heterocycles. The first-order valence-electron chi connectivity index (χ1n) is 6.99. The molecule has 5 nitrogen and oxygen atoms in total. The molecule has 106 valence electrons. The van der Waals surface area contributed by atoms with Gasteiger partial charge in [-0.1, -0.05) is 18.2 Å². The number of H-pyrrole nitrogens is 1. The fourth-order valence-electron chi connectivity index (χ4n) is 2.51. The number of rotatable bonds is 4. The van der Waals surface area contributed by atoms with Gasteiger partial charge in [-0.15, -0.1) is 0 Å². The molecule has 0 bridgehead atoms. The molecule has 2 aromatic rings. The van der Waals surface area contributed by atoms with E-state index in [9.17, 15) is 4.79 Å². The monoisotopic (exact) mass is 273 g/mol. The number of morpholine rings is 1.